The maximum absolute atomic E-state index is 13.1. The summed E-state index contributed by atoms with van der Waals surface area (Å²) in [6.07, 6.45) is 0. The zero-order valence-electron chi connectivity index (χ0n) is 13.0. The molecule has 1 atom stereocenters. The van der Waals surface area contributed by atoms with Crippen LogP contribution in [-0.4, -0.2) is 20.6 Å². The monoisotopic (exact) mass is 320 g/mol. The van der Waals surface area contributed by atoms with Gasteiger partial charge in [0.15, 0.2) is 0 Å². The van der Waals surface area contributed by atoms with Crippen LogP contribution in [0.2, 0.25) is 0 Å². The number of rotatable bonds is 5. The van der Waals surface area contributed by atoms with E-state index in [2.05, 4.69) is 10.4 Å². The average molecular weight is 320 g/mol. The Morgan fingerprint density at radius 2 is 2.13 bits per heavy atom. The number of carbonyl (C=O) groups excluding carboxylic acids is 1. The highest BCUT2D eigenvalue weighted by Gasteiger charge is 2.21. The lowest BCUT2D eigenvalue weighted by atomic mass is 10.1. The number of nitrogens with one attached hydrogen (secondary N) is 1. The second kappa shape index (κ2) is 6.55. The zero-order valence-corrected chi connectivity index (χ0v) is 13.0. The van der Waals surface area contributed by atoms with Crippen molar-refractivity contribution in [2.75, 3.05) is 5.32 Å². The highest BCUT2D eigenvalue weighted by Crippen LogP contribution is 2.18. The van der Waals surface area contributed by atoms with Crippen molar-refractivity contribution in [1.82, 2.24) is 9.78 Å². The van der Waals surface area contributed by atoms with Crippen LogP contribution in [0.5, 0.6) is 0 Å². The van der Waals surface area contributed by atoms with Gasteiger partial charge in [0, 0.05) is 5.69 Å². The maximum atomic E-state index is 13.1. The number of hydrogen-bond acceptors (Lipinski definition) is 4. The molecule has 0 bridgehead atoms. The van der Waals surface area contributed by atoms with Gasteiger partial charge in [-0.1, -0.05) is 6.92 Å². The predicted octanol–water partition coefficient (Wildman–Crippen LogP) is 2.82. The molecule has 122 valence electrons. The minimum absolute atomic E-state index is 0.214. The molecule has 7 nitrogen and oxygen atoms in total. The number of amides is 1. The molecular weight excluding hydrogens is 303 g/mol. The van der Waals surface area contributed by atoms with Crippen molar-refractivity contribution in [3.63, 3.8) is 0 Å². The highest BCUT2D eigenvalue weighted by molar-refractivity contribution is 5.92. The Kier molecular flexibility index (Phi) is 4.73. The lowest BCUT2D eigenvalue weighted by molar-refractivity contribution is -0.389. The van der Waals surface area contributed by atoms with Gasteiger partial charge in [0.1, 0.15) is 5.82 Å². The number of carbonyl (C=O) groups is 1. The van der Waals surface area contributed by atoms with Crippen LogP contribution in [0.4, 0.5) is 15.9 Å². The van der Waals surface area contributed by atoms with Gasteiger partial charge < -0.3 is 15.4 Å². The van der Waals surface area contributed by atoms with Crippen LogP contribution in [0.15, 0.2) is 24.3 Å². The summed E-state index contributed by atoms with van der Waals surface area (Å²) < 4.78 is 14.5. The normalized spacial score (nSPS) is 12.0. The van der Waals surface area contributed by atoms with Crippen LogP contribution < -0.4 is 5.32 Å². The zero-order chi connectivity index (χ0) is 17.1. The van der Waals surface area contributed by atoms with Crippen LogP contribution in [0.1, 0.15) is 18.2 Å². The van der Waals surface area contributed by atoms with Crippen LogP contribution in [-0.2, 0) is 11.3 Å². The smallest absolute Gasteiger partial charge is 0.358 e. The fourth-order valence-corrected chi connectivity index (χ4v) is 2.13. The number of halogens is 1. The third-order valence-corrected chi connectivity index (χ3v) is 3.50. The Bertz CT molecular complexity index is 757. The van der Waals surface area contributed by atoms with E-state index in [1.807, 2.05) is 0 Å². The van der Waals surface area contributed by atoms with E-state index in [0.717, 1.165) is 0 Å². The highest BCUT2D eigenvalue weighted by atomic mass is 19.1. The van der Waals surface area contributed by atoms with Crippen LogP contribution in [0.3, 0.4) is 0 Å². The fourth-order valence-electron chi connectivity index (χ4n) is 2.13. The molecule has 2 aromatic rings. The molecule has 0 aliphatic heterocycles. The summed E-state index contributed by atoms with van der Waals surface area (Å²) in [5, 5.41) is 17.3. The first kappa shape index (κ1) is 16.6. The minimum atomic E-state index is -0.573. The third kappa shape index (κ3) is 3.91. The SMILES string of the molecule is Cc1cc(F)ccc1NC(=O)C(C)Cn1nc([N+](=O)[O-])cc1C. The summed E-state index contributed by atoms with van der Waals surface area (Å²) in [7, 11) is 0. The van der Waals surface area contributed by atoms with Crippen molar-refractivity contribution in [2.24, 2.45) is 5.92 Å². The molecule has 1 aromatic carbocycles. The van der Waals surface area contributed by atoms with E-state index in [-0.39, 0.29) is 24.1 Å². The molecule has 0 saturated heterocycles. The summed E-state index contributed by atoms with van der Waals surface area (Å²) in [6, 6.07) is 5.46. The van der Waals surface area contributed by atoms with Gasteiger partial charge >= 0.3 is 5.82 Å². The van der Waals surface area contributed by atoms with Crippen LogP contribution in [0, 0.1) is 35.7 Å². The molecule has 0 fully saturated rings. The van der Waals surface area contributed by atoms with Gasteiger partial charge in [-0.2, -0.15) is 4.68 Å². The van der Waals surface area contributed by atoms with Gasteiger partial charge in [0.25, 0.3) is 0 Å². The molecule has 2 rings (SSSR count). The molecule has 0 aliphatic carbocycles. The van der Waals surface area contributed by atoms with E-state index in [9.17, 15) is 19.3 Å². The molecule has 1 N–H and O–H groups in total. The number of hydrogen-bond donors (Lipinski definition) is 1. The van der Waals surface area contributed by atoms with Crippen molar-refractivity contribution >= 4 is 17.4 Å². The van der Waals surface area contributed by atoms with Gasteiger partial charge in [0.2, 0.25) is 5.91 Å². The van der Waals surface area contributed by atoms with Crippen molar-refractivity contribution in [3.05, 3.63) is 51.5 Å². The number of benzene rings is 1. The first-order valence-electron chi connectivity index (χ1n) is 7.03. The number of nitro groups is 1. The molecule has 1 heterocycles. The van der Waals surface area contributed by atoms with E-state index in [1.54, 1.807) is 20.8 Å². The standard InChI is InChI=1S/C15H17FN4O3/c1-9-6-12(16)4-5-13(9)17-15(21)10(2)8-19-11(3)7-14(18-19)20(22)23/h4-7,10H,8H2,1-3H3,(H,17,21). The van der Waals surface area contributed by atoms with E-state index >= 15 is 0 Å². The van der Waals surface area contributed by atoms with Crippen molar-refractivity contribution in [2.45, 2.75) is 27.3 Å². The number of anilines is 1. The second-order valence-electron chi connectivity index (χ2n) is 5.43. The molecule has 1 aromatic heterocycles. The molecule has 0 radical (unpaired) electrons. The van der Waals surface area contributed by atoms with Gasteiger partial charge in [-0.05, 0) is 42.5 Å². The Morgan fingerprint density at radius 3 is 2.70 bits per heavy atom. The second-order valence-corrected chi connectivity index (χ2v) is 5.43. The van der Waals surface area contributed by atoms with Gasteiger partial charge in [-0.3, -0.25) is 4.79 Å². The first-order chi connectivity index (χ1) is 10.8. The summed E-state index contributed by atoms with van der Waals surface area (Å²) >= 11 is 0. The Labute approximate surface area is 132 Å². The average Bonchev–Trinajstić information content (AvgIpc) is 2.83. The molecule has 23 heavy (non-hydrogen) atoms. The number of aromatic nitrogens is 2. The van der Waals surface area contributed by atoms with Gasteiger partial charge in [-0.15, -0.1) is 0 Å². The summed E-state index contributed by atoms with van der Waals surface area (Å²) in [5.74, 6) is -1.34. The molecule has 8 heteroatoms. The van der Waals surface area contributed by atoms with Crippen molar-refractivity contribution in [3.8, 4) is 0 Å². The van der Waals surface area contributed by atoms with Gasteiger partial charge in [0.05, 0.1) is 29.3 Å². The van der Waals surface area contributed by atoms with E-state index in [1.165, 1.54) is 28.9 Å². The quantitative estimate of drug-likeness (QED) is 0.677. The first-order valence-corrected chi connectivity index (χ1v) is 7.03. The Balaban J connectivity index is 2.06. The van der Waals surface area contributed by atoms with Crippen LogP contribution >= 0.6 is 0 Å². The largest absolute Gasteiger partial charge is 0.390 e. The lowest BCUT2D eigenvalue weighted by Gasteiger charge is -2.13. The number of nitrogens with zero attached hydrogens (tertiary/aromatic N) is 3. The Morgan fingerprint density at radius 1 is 1.43 bits per heavy atom. The molecule has 1 unspecified atom stereocenters. The van der Waals surface area contributed by atoms with E-state index < -0.39 is 10.8 Å². The van der Waals surface area contributed by atoms with Crippen molar-refractivity contribution in [1.29, 1.82) is 0 Å². The maximum Gasteiger partial charge on any atom is 0.390 e. The van der Waals surface area contributed by atoms with Crippen LogP contribution in [0.25, 0.3) is 0 Å². The predicted molar refractivity (Wildman–Crippen MR) is 82.5 cm³/mol. The molecule has 0 spiro atoms. The molecule has 0 saturated carbocycles. The molecular formula is C15H17FN4O3. The minimum Gasteiger partial charge on any atom is -0.358 e. The fraction of sp³-hybridized carbons (Fsp3) is 0.333. The summed E-state index contributed by atoms with van der Waals surface area (Å²) in [5.41, 5.74) is 1.76. The third-order valence-electron chi connectivity index (χ3n) is 3.50. The Hall–Kier alpha value is -2.77. The summed E-state index contributed by atoms with van der Waals surface area (Å²) in [4.78, 5) is 22.4. The van der Waals surface area contributed by atoms with E-state index in [4.69, 9.17) is 0 Å². The number of aryl methyl sites for hydroxylation is 2. The summed E-state index contributed by atoms with van der Waals surface area (Å²) in [6.45, 7) is 5.30. The van der Waals surface area contributed by atoms with E-state index in [0.29, 0.717) is 16.9 Å². The van der Waals surface area contributed by atoms with Crippen molar-refractivity contribution < 1.29 is 14.1 Å². The molecule has 1 amide bonds. The molecule has 0 aliphatic rings. The topological polar surface area (TPSA) is 90.1 Å². The lowest BCUT2D eigenvalue weighted by Crippen LogP contribution is -2.25. The van der Waals surface area contributed by atoms with Gasteiger partial charge in [-0.25, -0.2) is 4.39 Å².